The van der Waals surface area contributed by atoms with Crippen LogP contribution in [0.1, 0.15) is 70.5 Å². The van der Waals surface area contributed by atoms with Crippen molar-refractivity contribution in [1.29, 1.82) is 0 Å². The first-order valence-corrected chi connectivity index (χ1v) is 16.0. The minimum absolute atomic E-state index is 0.0990. The molecule has 0 saturated carbocycles. The van der Waals surface area contributed by atoms with Crippen molar-refractivity contribution in [1.82, 2.24) is 4.98 Å². The van der Waals surface area contributed by atoms with Gasteiger partial charge in [-0.1, -0.05) is 0 Å². The third-order valence-corrected chi connectivity index (χ3v) is 12.3. The highest BCUT2D eigenvalue weighted by molar-refractivity contribution is 9.10. The molecule has 2 heterocycles. The average Bonchev–Trinajstić information content (AvgIpc) is 2.66. The summed E-state index contributed by atoms with van der Waals surface area (Å²) in [4.78, 5) is 19.7. The standard InChI is InChI=1S/C23H37BrN2O7S2/c1-14(2)32-21(27)20(33-22(5,6)7)17-15(3)25-16(4)18(24)19(17)26-12-10-23(11-13-26,34(8,28)29)35(9,30)31/h14,20H,10-13H2,1-9H3. The Balaban J connectivity index is 2.67. The highest BCUT2D eigenvalue weighted by atomic mass is 79.9. The van der Waals surface area contributed by atoms with Crippen molar-refractivity contribution in [3.63, 3.8) is 0 Å². The van der Waals surface area contributed by atoms with Crippen LogP contribution in [0.25, 0.3) is 0 Å². The van der Waals surface area contributed by atoms with Crippen LogP contribution in [-0.2, 0) is 33.9 Å². The third kappa shape index (κ3) is 6.37. The van der Waals surface area contributed by atoms with Gasteiger partial charge in [-0.05, 0) is 77.2 Å². The largest absolute Gasteiger partial charge is 0.461 e. The van der Waals surface area contributed by atoms with Crippen molar-refractivity contribution in [3.8, 4) is 0 Å². The van der Waals surface area contributed by atoms with E-state index in [1.54, 1.807) is 20.8 Å². The minimum Gasteiger partial charge on any atom is -0.461 e. The molecule has 1 saturated heterocycles. The number of hydrogen-bond donors (Lipinski definition) is 0. The van der Waals surface area contributed by atoms with E-state index in [2.05, 4.69) is 20.9 Å². The number of piperidine rings is 1. The van der Waals surface area contributed by atoms with Gasteiger partial charge in [0.25, 0.3) is 0 Å². The molecule has 1 atom stereocenters. The van der Waals surface area contributed by atoms with Gasteiger partial charge in [0.15, 0.2) is 29.9 Å². The molecule has 1 fully saturated rings. The summed E-state index contributed by atoms with van der Waals surface area (Å²) in [5.41, 5.74) is 1.69. The van der Waals surface area contributed by atoms with Crippen molar-refractivity contribution in [2.75, 3.05) is 30.5 Å². The highest BCUT2D eigenvalue weighted by Crippen LogP contribution is 2.44. The van der Waals surface area contributed by atoms with Crippen LogP contribution in [0.4, 0.5) is 5.69 Å². The van der Waals surface area contributed by atoms with E-state index >= 15 is 0 Å². The number of aryl methyl sites for hydroxylation is 2. The number of pyridine rings is 1. The number of carbonyl (C=O) groups excluding carboxylic acids is 1. The molecule has 12 heteroatoms. The predicted molar refractivity (Wildman–Crippen MR) is 140 cm³/mol. The number of carbonyl (C=O) groups is 1. The SMILES string of the molecule is Cc1nc(C)c(C(OC(C)(C)C)C(=O)OC(C)C)c(N2CCC(S(C)(=O)=O)(S(C)(=O)=O)CC2)c1Br. The molecule has 0 aromatic carbocycles. The molecule has 0 spiro atoms. The molecule has 1 aromatic heterocycles. The maximum absolute atomic E-state index is 13.2. The second-order valence-corrected chi connectivity index (χ2v) is 16.1. The Hall–Kier alpha value is -1.24. The Morgan fingerprint density at radius 2 is 1.51 bits per heavy atom. The minimum atomic E-state index is -3.89. The van der Waals surface area contributed by atoms with Gasteiger partial charge in [0.05, 0.1) is 27.6 Å². The van der Waals surface area contributed by atoms with E-state index in [0.29, 0.717) is 27.1 Å². The number of halogens is 1. The third-order valence-electron chi connectivity index (χ3n) is 6.00. The van der Waals surface area contributed by atoms with E-state index in [4.69, 9.17) is 9.47 Å². The molecule has 0 aliphatic carbocycles. The lowest BCUT2D eigenvalue weighted by molar-refractivity contribution is -0.171. The maximum Gasteiger partial charge on any atom is 0.340 e. The van der Waals surface area contributed by atoms with Gasteiger partial charge < -0.3 is 14.4 Å². The van der Waals surface area contributed by atoms with Crippen LogP contribution in [-0.4, -0.2) is 69.2 Å². The van der Waals surface area contributed by atoms with Gasteiger partial charge in [-0.25, -0.2) is 21.6 Å². The fraction of sp³-hybridized carbons (Fsp3) is 0.739. The molecular formula is C23H37BrN2O7S2. The Labute approximate surface area is 217 Å². The molecule has 0 amide bonds. The van der Waals surface area contributed by atoms with Crippen molar-refractivity contribution in [2.24, 2.45) is 0 Å². The normalized spacial score (nSPS) is 18.0. The smallest absolute Gasteiger partial charge is 0.340 e. The van der Waals surface area contributed by atoms with E-state index in [1.807, 2.05) is 32.6 Å². The van der Waals surface area contributed by atoms with Gasteiger partial charge in [-0.2, -0.15) is 0 Å². The second kappa shape index (κ2) is 10.3. The molecule has 1 aromatic rings. The molecule has 2 rings (SSSR count). The maximum atomic E-state index is 13.2. The van der Waals surface area contributed by atoms with Crippen LogP contribution in [0.5, 0.6) is 0 Å². The summed E-state index contributed by atoms with van der Waals surface area (Å²) in [7, 11) is -7.78. The summed E-state index contributed by atoms with van der Waals surface area (Å²) in [6.45, 7) is 12.9. The van der Waals surface area contributed by atoms with Gasteiger partial charge in [-0.3, -0.25) is 4.98 Å². The first kappa shape index (κ1) is 30.0. The molecule has 35 heavy (non-hydrogen) atoms. The van der Waals surface area contributed by atoms with E-state index in [-0.39, 0.29) is 32.0 Å². The number of anilines is 1. The van der Waals surface area contributed by atoms with Gasteiger partial charge in [0.1, 0.15) is 0 Å². The molecule has 1 aliphatic rings. The van der Waals surface area contributed by atoms with Crippen LogP contribution < -0.4 is 4.90 Å². The molecule has 200 valence electrons. The average molecular weight is 598 g/mol. The number of aromatic nitrogens is 1. The summed E-state index contributed by atoms with van der Waals surface area (Å²) in [6.07, 6.45) is 0.297. The second-order valence-electron chi connectivity index (χ2n) is 10.4. The lowest BCUT2D eigenvalue weighted by atomic mass is 10.00. The number of sulfone groups is 2. The molecule has 0 radical (unpaired) electrons. The zero-order valence-electron chi connectivity index (χ0n) is 21.9. The van der Waals surface area contributed by atoms with Crippen molar-refractivity contribution >= 4 is 47.3 Å². The summed E-state index contributed by atoms with van der Waals surface area (Å²) >= 11 is 3.61. The summed E-state index contributed by atoms with van der Waals surface area (Å²) in [5, 5.41) is 0. The number of rotatable bonds is 7. The fourth-order valence-corrected chi connectivity index (χ4v) is 9.01. The zero-order chi connectivity index (χ0) is 27.1. The van der Waals surface area contributed by atoms with Crippen LogP contribution in [0.15, 0.2) is 4.47 Å². The fourth-order valence-electron chi connectivity index (χ4n) is 4.40. The highest BCUT2D eigenvalue weighted by Gasteiger charge is 2.52. The number of nitrogens with zero attached hydrogens (tertiary/aromatic N) is 2. The Bertz CT molecular complexity index is 1150. The Morgan fingerprint density at radius 1 is 1.03 bits per heavy atom. The molecular weight excluding hydrogens is 560 g/mol. The summed E-state index contributed by atoms with van der Waals surface area (Å²) < 4.78 is 60.9. The first-order valence-electron chi connectivity index (χ1n) is 11.4. The molecule has 0 N–H and O–H groups in total. The quantitative estimate of drug-likeness (QED) is 0.434. The van der Waals surface area contributed by atoms with E-state index in [9.17, 15) is 21.6 Å². The lowest BCUT2D eigenvalue weighted by Gasteiger charge is -2.41. The number of ether oxygens (including phenoxy) is 2. The Kier molecular flexibility index (Phi) is 8.79. The van der Waals surface area contributed by atoms with E-state index in [1.165, 1.54) is 0 Å². The lowest BCUT2D eigenvalue weighted by Crippen LogP contribution is -2.53. The van der Waals surface area contributed by atoms with Crippen LogP contribution in [0.3, 0.4) is 0 Å². The van der Waals surface area contributed by atoms with E-state index in [0.717, 1.165) is 12.5 Å². The number of esters is 1. The van der Waals surface area contributed by atoms with Gasteiger partial charge in [0.2, 0.25) is 0 Å². The van der Waals surface area contributed by atoms with Gasteiger partial charge in [0, 0.05) is 36.9 Å². The van der Waals surface area contributed by atoms with Gasteiger partial charge >= 0.3 is 5.97 Å². The molecule has 1 unspecified atom stereocenters. The topological polar surface area (TPSA) is 120 Å². The van der Waals surface area contributed by atoms with Crippen LogP contribution >= 0.6 is 15.9 Å². The predicted octanol–water partition coefficient (Wildman–Crippen LogP) is 3.65. The summed E-state index contributed by atoms with van der Waals surface area (Å²) in [5.74, 6) is -0.560. The van der Waals surface area contributed by atoms with Crippen LogP contribution in [0, 0.1) is 13.8 Å². The molecule has 1 aliphatic heterocycles. The van der Waals surface area contributed by atoms with Crippen molar-refractivity contribution < 1.29 is 31.1 Å². The molecule has 9 nitrogen and oxygen atoms in total. The summed E-state index contributed by atoms with van der Waals surface area (Å²) in [6, 6.07) is 0. The zero-order valence-corrected chi connectivity index (χ0v) is 25.1. The Morgan fingerprint density at radius 3 is 1.91 bits per heavy atom. The van der Waals surface area contributed by atoms with Crippen molar-refractivity contribution in [3.05, 3.63) is 21.4 Å². The van der Waals surface area contributed by atoms with Gasteiger partial charge in [-0.15, -0.1) is 0 Å². The first-order chi connectivity index (χ1) is 15.7. The molecule has 0 bridgehead atoms. The number of hydrogen-bond acceptors (Lipinski definition) is 9. The monoisotopic (exact) mass is 596 g/mol. The van der Waals surface area contributed by atoms with E-state index < -0.39 is 41.4 Å². The van der Waals surface area contributed by atoms with Crippen LogP contribution in [0.2, 0.25) is 0 Å². The van der Waals surface area contributed by atoms with Crippen molar-refractivity contribution in [2.45, 2.75) is 83.2 Å².